The highest BCUT2D eigenvalue weighted by molar-refractivity contribution is 5.85. The monoisotopic (exact) mass is 329 g/mol. The van der Waals surface area contributed by atoms with Crippen LogP contribution in [0.3, 0.4) is 0 Å². The van der Waals surface area contributed by atoms with E-state index in [1.807, 2.05) is 13.8 Å². The SMILES string of the molecule is COCCN1CCC(NC(=O)C(C)C(C)N)CC1.Cl.Cl. The number of hydrogen-bond donors (Lipinski definition) is 2. The number of carbonyl (C=O) groups excluding carboxylic acids is 1. The molecule has 0 aromatic heterocycles. The van der Waals surface area contributed by atoms with Gasteiger partial charge in [0.05, 0.1) is 6.61 Å². The minimum Gasteiger partial charge on any atom is -0.383 e. The van der Waals surface area contributed by atoms with Gasteiger partial charge in [-0.2, -0.15) is 0 Å². The molecule has 1 heterocycles. The largest absolute Gasteiger partial charge is 0.383 e. The Morgan fingerprint density at radius 2 is 1.90 bits per heavy atom. The maximum absolute atomic E-state index is 11.9. The summed E-state index contributed by atoms with van der Waals surface area (Å²) in [5, 5.41) is 3.10. The van der Waals surface area contributed by atoms with Gasteiger partial charge in [0.2, 0.25) is 5.91 Å². The first-order valence-corrected chi connectivity index (χ1v) is 6.81. The second-order valence-electron chi connectivity index (χ2n) is 5.27. The molecule has 3 N–H and O–H groups in total. The van der Waals surface area contributed by atoms with Crippen LogP contribution in [-0.2, 0) is 9.53 Å². The molecule has 2 unspecified atom stereocenters. The molecule has 0 aliphatic carbocycles. The second kappa shape index (κ2) is 11.6. The van der Waals surface area contributed by atoms with Gasteiger partial charge in [0, 0.05) is 44.7 Å². The first-order valence-electron chi connectivity index (χ1n) is 6.81. The van der Waals surface area contributed by atoms with Crippen molar-refractivity contribution in [2.75, 3.05) is 33.4 Å². The number of ether oxygens (including phenoxy) is 1. The van der Waals surface area contributed by atoms with Crippen molar-refractivity contribution in [2.24, 2.45) is 11.7 Å². The van der Waals surface area contributed by atoms with Gasteiger partial charge in [-0.15, -0.1) is 24.8 Å². The molecule has 20 heavy (non-hydrogen) atoms. The summed E-state index contributed by atoms with van der Waals surface area (Å²) in [5.41, 5.74) is 5.74. The Morgan fingerprint density at radius 3 is 2.35 bits per heavy atom. The molecule has 1 amide bonds. The minimum atomic E-state index is -0.114. The lowest BCUT2D eigenvalue weighted by molar-refractivity contribution is -0.126. The van der Waals surface area contributed by atoms with Gasteiger partial charge in [-0.25, -0.2) is 0 Å². The number of hydrogen-bond acceptors (Lipinski definition) is 4. The predicted octanol–water partition coefficient (Wildman–Crippen LogP) is 1.04. The molecular formula is C13H29Cl2N3O2. The van der Waals surface area contributed by atoms with Crippen LogP contribution in [0.15, 0.2) is 0 Å². The summed E-state index contributed by atoms with van der Waals surface area (Å²) in [6.45, 7) is 7.57. The second-order valence-corrected chi connectivity index (χ2v) is 5.27. The number of nitrogens with two attached hydrogens (primary N) is 1. The van der Waals surface area contributed by atoms with Crippen LogP contribution in [-0.4, -0.2) is 56.2 Å². The number of methoxy groups -OCH3 is 1. The lowest BCUT2D eigenvalue weighted by atomic mass is 10.0. The number of halogens is 2. The Morgan fingerprint density at radius 1 is 1.35 bits per heavy atom. The van der Waals surface area contributed by atoms with Gasteiger partial charge in [0.1, 0.15) is 0 Å². The number of likely N-dealkylation sites (tertiary alicyclic amines) is 1. The topological polar surface area (TPSA) is 67.6 Å². The van der Waals surface area contributed by atoms with Crippen molar-refractivity contribution in [3.8, 4) is 0 Å². The number of carbonyl (C=O) groups is 1. The summed E-state index contributed by atoms with van der Waals surface area (Å²) >= 11 is 0. The zero-order chi connectivity index (χ0) is 13.5. The molecule has 1 fully saturated rings. The quantitative estimate of drug-likeness (QED) is 0.764. The van der Waals surface area contributed by atoms with E-state index in [2.05, 4.69) is 10.2 Å². The standard InChI is InChI=1S/C13H27N3O2.2ClH/c1-10(11(2)14)13(17)15-12-4-6-16(7-5-12)8-9-18-3;;/h10-12H,4-9,14H2,1-3H3,(H,15,17);2*1H. The third kappa shape index (κ3) is 7.64. The molecule has 7 heteroatoms. The number of nitrogens with one attached hydrogen (secondary N) is 1. The molecule has 1 aliphatic rings. The van der Waals surface area contributed by atoms with Gasteiger partial charge >= 0.3 is 0 Å². The van der Waals surface area contributed by atoms with Crippen LogP contribution in [0, 0.1) is 5.92 Å². The molecule has 122 valence electrons. The Balaban J connectivity index is 0. The lowest BCUT2D eigenvalue weighted by Gasteiger charge is -2.32. The average Bonchev–Trinajstić information content (AvgIpc) is 2.36. The Labute approximate surface area is 134 Å². The molecule has 0 aromatic rings. The third-order valence-corrected chi connectivity index (χ3v) is 3.75. The molecule has 0 saturated carbocycles. The predicted molar refractivity (Wildman–Crippen MR) is 86.8 cm³/mol. The molecule has 0 aromatic carbocycles. The van der Waals surface area contributed by atoms with Gasteiger partial charge in [-0.3, -0.25) is 4.79 Å². The van der Waals surface area contributed by atoms with E-state index in [9.17, 15) is 4.79 Å². The fourth-order valence-electron chi connectivity index (χ4n) is 2.09. The maximum Gasteiger partial charge on any atom is 0.224 e. The van der Waals surface area contributed by atoms with Crippen LogP contribution < -0.4 is 11.1 Å². The fraction of sp³-hybridized carbons (Fsp3) is 0.923. The van der Waals surface area contributed by atoms with E-state index in [0.717, 1.165) is 39.1 Å². The Hall–Kier alpha value is -0.0700. The Kier molecular flexibility index (Phi) is 12.9. The molecule has 1 saturated heterocycles. The number of rotatable bonds is 6. The van der Waals surface area contributed by atoms with Crippen molar-refractivity contribution < 1.29 is 9.53 Å². The van der Waals surface area contributed by atoms with Crippen LogP contribution in [0.4, 0.5) is 0 Å². The fourth-order valence-corrected chi connectivity index (χ4v) is 2.09. The van der Waals surface area contributed by atoms with Crippen LogP contribution in [0.1, 0.15) is 26.7 Å². The highest BCUT2D eigenvalue weighted by Gasteiger charge is 2.23. The van der Waals surface area contributed by atoms with Crippen molar-refractivity contribution in [3.05, 3.63) is 0 Å². The number of piperidine rings is 1. The van der Waals surface area contributed by atoms with Crippen LogP contribution in [0.5, 0.6) is 0 Å². The molecule has 0 radical (unpaired) electrons. The molecular weight excluding hydrogens is 301 g/mol. The van der Waals surface area contributed by atoms with Crippen LogP contribution in [0.2, 0.25) is 0 Å². The van der Waals surface area contributed by atoms with Crippen molar-refractivity contribution in [3.63, 3.8) is 0 Å². The van der Waals surface area contributed by atoms with E-state index in [4.69, 9.17) is 10.5 Å². The molecule has 1 aliphatic heterocycles. The molecule has 5 nitrogen and oxygen atoms in total. The van der Waals surface area contributed by atoms with Crippen molar-refractivity contribution >= 4 is 30.7 Å². The van der Waals surface area contributed by atoms with Crippen LogP contribution in [0.25, 0.3) is 0 Å². The van der Waals surface area contributed by atoms with Gasteiger partial charge in [-0.1, -0.05) is 6.92 Å². The van der Waals surface area contributed by atoms with E-state index in [1.54, 1.807) is 7.11 Å². The molecule has 1 rings (SSSR count). The smallest absolute Gasteiger partial charge is 0.224 e. The molecule has 0 spiro atoms. The van der Waals surface area contributed by atoms with E-state index in [-0.39, 0.29) is 42.7 Å². The first kappa shape index (κ1) is 22.2. The zero-order valence-electron chi connectivity index (χ0n) is 12.6. The lowest BCUT2D eigenvalue weighted by Crippen LogP contribution is -2.48. The van der Waals surface area contributed by atoms with Gasteiger partial charge in [0.15, 0.2) is 0 Å². The van der Waals surface area contributed by atoms with E-state index in [1.165, 1.54) is 0 Å². The van der Waals surface area contributed by atoms with E-state index in [0.29, 0.717) is 6.04 Å². The van der Waals surface area contributed by atoms with Crippen molar-refractivity contribution in [1.82, 2.24) is 10.2 Å². The molecule has 2 atom stereocenters. The molecule has 0 bridgehead atoms. The van der Waals surface area contributed by atoms with Gasteiger partial charge in [-0.05, 0) is 19.8 Å². The summed E-state index contributed by atoms with van der Waals surface area (Å²) < 4.78 is 5.07. The summed E-state index contributed by atoms with van der Waals surface area (Å²) in [5.74, 6) is -0.0307. The highest BCUT2D eigenvalue weighted by Crippen LogP contribution is 2.11. The normalized spacial score (nSPS) is 19.4. The highest BCUT2D eigenvalue weighted by atomic mass is 35.5. The minimum absolute atomic E-state index is 0. The van der Waals surface area contributed by atoms with Gasteiger partial charge < -0.3 is 20.7 Å². The average molecular weight is 330 g/mol. The maximum atomic E-state index is 11.9. The van der Waals surface area contributed by atoms with Gasteiger partial charge in [0.25, 0.3) is 0 Å². The Bertz CT molecular complexity index is 260. The van der Waals surface area contributed by atoms with E-state index < -0.39 is 0 Å². The number of amides is 1. The summed E-state index contributed by atoms with van der Waals surface area (Å²) in [4.78, 5) is 14.3. The third-order valence-electron chi connectivity index (χ3n) is 3.75. The van der Waals surface area contributed by atoms with Crippen LogP contribution >= 0.6 is 24.8 Å². The summed E-state index contributed by atoms with van der Waals surface area (Å²) in [6, 6.07) is 0.212. The number of nitrogens with zero attached hydrogens (tertiary/aromatic N) is 1. The van der Waals surface area contributed by atoms with Crippen molar-refractivity contribution in [1.29, 1.82) is 0 Å². The summed E-state index contributed by atoms with van der Waals surface area (Å²) in [7, 11) is 1.72. The van der Waals surface area contributed by atoms with E-state index >= 15 is 0 Å². The van der Waals surface area contributed by atoms with Crippen molar-refractivity contribution in [2.45, 2.75) is 38.8 Å². The summed E-state index contributed by atoms with van der Waals surface area (Å²) in [6.07, 6.45) is 2.03. The zero-order valence-corrected chi connectivity index (χ0v) is 14.3. The first-order chi connectivity index (χ1) is 8.54.